The van der Waals surface area contributed by atoms with Crippen molar-refractivity contribution in [1.82, 2.24) is 19.6 Å². The van der Waals surface area contributed by atoms with Gasteiger partial charge in [0.2, 0.25) is 0 Å². The van der Waals surface area contributed by atoms with Gasteiger partial charge in [-0.15, -0.1) is 5.10 Å². The molecule has 0 unspecified atom stereocenters. The van der Waals surface area contributed by atoms with Crippen molar-refractivity contribution in [3.05, 3.63) is 53.3 Å². The molecule has 0 spiro atoms. The number of carboxylic acids is 1. The molecule has 0 radical (unpaired) electrons. The number of carboxylic acid groups (broad SMARTS) is 1. The second kappa shape index (κ2) is 5.80. The number of fused-ring (bicyclic) bond motifs is 3. The van der Waals surface area contributed by atoms with E-state index in [0.29, 0.717) is 22.7 Å². The van der Waals surface area contributed by atoms with Crippen molar-refractivity contribution in [3.8, 4) is 17.0 Å². The van der Waals surface area contributed by atoms with Crippen LogP contribution in [-0.2, 0) is 0 Å². The molecule has 0 saturated heterocycles. The van der Waals surface area contributed by atoms with E-state index in [1.807, 2.05) is 44.2 Å². The van der Waals surface area contributed by atoms with Gasteiger partial charge in [0.05, 0.1) is 18.2 Å². The fraction of sp³-hybridized carbons (Fsp3) is 0.158. The Morgan fingerprint density at radius 1 is 1.15 bits per heavy atom. The lowest BCUT2D eigenvalue weighted by atomic mass is 10.1. The molecule has 4 aromatic rings. The highest BCUT2D eigenvalue weighted by molar-refractivity contribution is 5.96. The molecule has 0 aliphatic carbocycles. The van der Waals surface area contributed by atoms with Crippen LogP contribution in [0, 0.1) is 13.8 Å². The Morgan fingerprint density at radius 3 is 2.69 bits per heavy atom. The number of pyridine rings is 1. The molecule has 7 nitrogen and oxygen atoms in total. The highest BCUT2D eigenvalue weighted by Crippen LogP contribution is 2.28. The van der Waals surface area contributed by atoms with Crippen LogP contribution in [0.5, 0.6) is 5.75 Å². The molecular weight excluding hydrogens is 332 g/mol. The van der Waals surface area contributed by atoms with Crippen LogP contribution in [0.25, 0.3) is 27.9 Å². The molecular formula is C19H16N4O3. The van der Waals surface area contributed by atoms with E-state index in [9.17, 15) is 9.90 Å². The summed E-state index contributed by atoms with van der Waals surface area (Å²) in [5.41, 5.74) is 4.07. The second-order valence-corrected chi connectivity index (χ2v) is 6.08. The van der Waals surface area contributed by atoms with Crippen molar-refractivity contribution in [2.45, 2.75) is 13.8 Å². The number of hydrogen-bond acceptors (Lipinski definition) is 5. The quantitative estimate of drug-likeness (QED) is 0.611. The molecule has 4 rings (SSSR count). The third-order valence-corrected chi connectivity index (χ3v) is 4.26. The predicted octanol–water partition coefficient (Wildman–Crippen LogP) is 3.27. The highest BCUT2D eigenvalue weighted by atomic mass is 16.5. The minimum Gasteiger partial charge on any atom is -0.497 e. The number of methoxy groups -OCH3 is 1. The Balaban J connectivity index is 2.10. The van der Waals surface area contributed by atoms with Crippen LogP contribution in [0.2, 0.25) is 0 Å². The first kappa shape index (κ1) is 16.0. The summed E-state index contributed by atoms with van der Waals surface area (Å²) >= 11 is 0. The first-order valence-corrected chi connectivity index (χ1v) is 8.03. The second-order valence-electron chi connectivity index (χ2n) is 6.08. The van der Waals surface area contributed by atoms with Crippen LogP contribution in [0.3, 0.4) is 0 Å². The number of hydrogen-bond donors (Lipinski definition) is 1. The SMILES string of the molecule is COc1cccc(-c2cc(C(=O)O)n3nc4nc(C)cc(C)c4c3n2)c1. The molecule has 0 fully saturated rings. The molecule has 130 valence electrons. The van der Waals surface area contributed by atoms with Crippen LogP contribution in [0.1, 0.15) is 21.7 Å². The maximum absolute atomic E-state index is 11.8. The fourth-order valence-corrected chi connectivity index (χ4v) is 3.10. The highest BCUT2D eigenvalue weighted by Gasteiger charge is 2.19. The van der Waals surface area contributed by atoms with Gasteiger partial charge in [0, 0.05) is 11.3 Å². The summed E-state index contributed by atoms with van der Waals surface area (Å²) in [5.74, 6) is -0.406. The average Bonchev–Trinajstić information content (AvgIpc) is 2.98. The lowest BCUT2D eigenvalue weighted by Gasteiger charge is -2.07. The van der Waals surface area contributed by atoms with Crippen LogP contribution < -0.4 is 4.74 Å². The van der Waals surface area contributed by atoms with E-state index in [4.69, 9.17) is 4.74 Å². The predicted molar refractivity (Wildman–Crippen MR) is 96.7 cm³/mol. The summed E-state index contributed by atoms with van der Waals surface area (Å²) in [6.07, 6.45) is 0. The molecule has 0 aliphatic rings. The number of aromatic carboxylic acids is 1. The van der Waals surface area contributed by atoms with E-state index in [1.54, 1.807) is 7.11 Å². The molecule has 26 heavy (non-hydrogen) atoms. The standard InChI is InChI=1S/C19H16N4O3/c1-10-7-11(2)20-17-16(10)18-21-14(9-15(19(24)25)23(18)22-17)12-5-4-6-13(8-12)26-3/h4-9H,1-3H3,(H,24,25). The molecule has 0 amide bonds. The molecule has 3 aromatic heterocycles. The minimum atomic E-state index is -1.08. The number of benzene rings is 1. The molecule has 0 saturated carbocycles. The maximum atomic E-state index is 11.8. The summed E-state index contributed by atoms with van der Waals surface area (Å²) in [7, 11) is 1.58. The van der Waals surface area contributed by atoms with Gasteiger partial charge in [-0.1, -0.05) is 12.1 Å². The Labute approximate surface area is 148 Å². The Kier molecular flexibility index (Phi) is 3.57. The van der Waals surface area contributed by atoms with Crippen LogP contribution in [-0.4, -0.2) is 37.8 Å². The molecule has 1 aromatic carbocycles. The van der Waals surface area contributed by atoms with Gasteiger partial charge in [-0.25, -0.2) is 19.3 Å². The fourth-order valence-electron chi connectivity index (χ4n) is 3.10. The van der Waals surface area contributed by atoms with Gasteiger partial charge in [-0.3, -0.25) is 0 Å². The van der Waals surface area contributed by atoms with Crippen molar-refractivity contribution in [3.63, 3.8) is 0 Å². The summed E-state index contributed by atoms with van der Waals surface area (Å²) in [4.78, 5) is 20.9. The summed E-state index contributed by atoms with van der Waals surface area (Å²) in [5, 5.41) is 14.8. The largest absolute Gasteiger partial charge is 0.497 e. The van der Waals surface area contributed by atoms with Gasteiger partial charge in [0.25, 0.3) is 0 Å². The van der Waals surface area contributed by atoms with Crippen molar-refractivity contribution < 1.29 is 14.6 Å². The van der Waals surface area contributed by atoms with Gasteiger partial charge in [0.15, 0.2) is 17.0 Å². The van der Waals surface area contributed by atoms with Gasteiger partial charge < -0.3 is 9.84 Å². The van der Waals surface area contributed by atoms with Crippen molar-refractivity contribution >= 4 is 22.6 Å². The normalized spacial score (nSPS) is 11.2. The third-order valence-electron chi connectivity index (χ3n) is 4.26. The zero-order valence-corrected chi connectivity index (χ0v) is 14.5. The van der Waals surface area contributed by atoms with E-state index in [-0.39, 0.29) is 5.69 Å². The lowest BCUT2D eigenvalue weighted by Crippen LogP contribution is -2.08. The zero-order valence-electron chi connectivity index (χ0n) is 14.5. The van der Waals surface area contributed by atoms with E-state index in [2.05, 4.69) is 15.1 Å². The topological polar surface area (TPSA) is 89.6 Å². The van der Waals surface area contributed by atoms with Crippen LogP contribution in [0.4, 0.5) is 0 Å². The van der Waals surface area contributed by atoms with E-state index >= 15 is 0 Å². The first-order valence-electron chi connectivity index (χ1n) is 8.03. The van der Waals surface area contributed by atoms with E-state index < -0.39 is 5.97 Å². The zero-order chi connectivity index (χ0) is 18.4. The van der Waals surface area contributed by atoms with Crippen molar-refractivity contribution in [2.24, 2.45) is 0 Å². The number of rotatable bonds is 3. The van der Waals surface area contributed by atoms with Crippen LogP contribution in [0.15, 0.2) is 36.4 Å². The van der Waals surface area contributed by atoms with Crippen molar-refractivity contribution in [2.75, 3.05) is 7.11 Å². The molecule has 0 aliphatic heterocycles. The number of nitrogens with zero attached hydrogens (tertiary/aromatic N) is 4. The average molecular weight is 348 g/mol. The van der Waals surface area contributed by atoms with Gasteiger partial charge in [-0.05, 0) is 43.7 Å². The number of aryl methyl sites for hydroxylation is 2. The maximum Gasteiger partial charge on any atom is 0.354 e. The monoisotopic (exact) mass is 348 g/mol. The van der Waals surface area contributed by atoms with Gasteiger partial charge in [0.1, 0.15) is 5.75 Å². The number of ether oxygens (including phenoxy) is 1. The number of carbonyl (C=O) groups is 1. The molecule has 0 bridgehead atoms. The summed E-state index contributed by atoms with van der Waals surface area (Å²) < 4.78 is 6.60. The van der Waals surface area contributed by atoms with Gasteiger partial charge >= 0.3 is 5.97 Å². The Morgan fingerprint density at radius 2 is 1.96 bits per heavy atom. The van der Waals surface area contributed by atoms with E-state index in [1.165, 1.54) is 10.6 Å². The molecule has 0 atom stereocenters. The molecule has 3 heterocycles. The Hall–Kier alpha value is -3.48. The smallest absolute Gasteiger partial charge is 0.354 e. The summed E-state index contributed by atoms with van der Waals surface area (Å²) in [6, 6.07) is 10.8. The van der Waals surface area contributed by atoms with Crippen LogP contribution >= 0.6 is 0 Å². The molecule has 1 N–H and O–H groups in total. The third kappa shape index (κ3) is 2.45. The molecule has 7 heteroatoms. The minimum absolute atomic E-state index is 0.0304. The first-order chi connectivity index (χ1) is 12.5. The van der Waals surface area contributed by atoms with E-state index in [0.717, 1.165) is 22.2 Å². The lowest BCUT2D eigenvalue weighted by molar-refractivity contribution is 0.0687. The Bertz CT molecular complexity index is 1180. The van der Waals surface area contributed by atoms with Crippen molar-refractivity contribution in [1.29, 1.82) is 0 Å². The number of aromatic nitrogens is 4. The van der Waals surface area contributed by atoms with Gasteiger partial charge in [-0.2, -0.15) is 0 Å². The summed E-state index contributed by atoms with van der Waals surface area (Å²) in [6.45, 7) is 3.82.